The second-order valence-corrected chi connectivity index (χ2v) is 8.66. The number of benzene rings is 2. The lowest BCUT2D eigenvalue weighted by Gasteiger charge is -2.29. The number of piperidine rings is 1. The minimum Gasteiger partial charge on any atom is -0.399 e. The van der Waals surface area contributed by atoms with Crippen LogP contribution in [-0.4, -0.2) is 49.6 Å². The Morgan fingerprint density at radius 3 is 2.83 bits per heavy atom. The van der Waals surface area contributed by atoms with Crippen molar-refractivity contribution in [3.63, 3.8) is 0 Å². The molecule has 0 saturated carbocycles. The average molecular weight is 473 g/mol. The van der Waals surface area contributed by atoms with Gasteiger partial charge in [-0.15, -0.1) is 5.10 Å². The summed E-state index contributed by atoms with van der Waals surface area (Å²) in [5.41, 5.74) is 10.5. The lowest BCUT2D eigenvalue weighted by atomic mass is 10.0. The molecule has 4 N–H and O–H groups in total. The molecule has 1 aromatic heterocycles. The molecule has 1 unspecified atom stereocenters. The Bertz CT molecular complexity index is 1380. The van der Waals surface area contributed by atoms with Crippen molar-refractivity contribution in [1.29, 1.82) is 0 Å². The maximum atomic E-state index is 13.0. The highest BCUT2D eigenvalue weighted by Crippen LogP contribution is 2.32. The zero-order valence-electron chi connectivity index (χ0n) is 18.9. The molecule has 1 atom stereocenters. The summed E-state index contributed by atoms with van der Waals surface area (Å²) >= 11 is 0. The van der Waals surface area contributed by atoms with Gasteiger partial charge in [0, 0.05) is 41.0 Å². The van der Waals surface area contributed by atoms with E-state index in [9.17, 15) is 19.2 Å². The van der Waals surface area contributed by atoms with Crippen LogP contribution >= 0.6 is 0 Å². The molecule has 11 nitrogen and oxygen atoms in total. The van der Waals surface area contributed by atoms with Gasteiger partial charge in [0.15, 0.2) is 0 Å². The van der Waals surface area contributed by atoms with Crippen LogP contribution in [0.25, 0.3) is 11.3 Å². The Hall–Kier alpha value is -4.54. The van der Waals surface area contributed by atoms with Gasteiger partial charge in [-0.05, 0) is 43.2 Å². The van der Waals surface area contributed by atoms with Crippen molar-refractivity contribution in [2.24, 2.45) is 0 Å². The number of hydrogen-bond donors (Lipinski definition) is 3. The first-order chi connectivity index (χ1) is 16.8. The minimum absolute atomic E-state index is 0.0805. The average Bonchev–Trinajstić information content (AvgIpc) is 3.41. The largest absolute Gasteiger partial charge is 0.399 e. The molecule has 0 bridgehead atoms. The normalized spacial score (nSPS) is 17.3. The molecule has 1 fully saturated rings. The van der Waals surface area contributed by atoms with Crippen LogP contribution in [0.2, 0.25) is 0 Å². The Morgan fingerprint density at radius 2 is 2.03 bits per heavy atom. The van der Waals surface area contributed by atoms with Gasteiger partial charge in [0.2, 0.25) is 17.7 Å². The predicted molar refractivity (Wildman–Crippen MR) is 126 cm³/mol. The highest BCUT2D eigenvalue weighted by molar-refractivity contribution is 6.06. The summed E-state index contributed by atoms with van der Waals surface area (Å²) in [5.74, 6) is -1.47. The molecule has 4 amide bonds. The van der Waals surface area contributed by atoms with Gasteiger partial charge in [0.25, 0.3) is 5.91 Å². The van der Waals surface area contributed by atoms with Gasteiger partial charge >= 0.3 is 0 Å². The number of nitrogen functional groups attached to an aromatic ring is 1. The second-order valence-electron chi connectivity index (χ2n) is 8.66. The molecule has 178 valence electrons. The van der Waals surface area contributed by atoms with Crippen molar-refractivity contribution in [1.82, 2.24) is 25.2 Å². The zero-order valence-corrected chi connectivity index (χ0v) is 18.9. The molecule has 35 heavy (non-hydrogen) atoms. The first-order valence-electron chi connectivity index (χ1n) is 11.1. The number of aromatic nitrogens is 3. The number of carbonyl (C=O) groups excluding carboxylic acids is 4. The van der Waals surface area contributed by atoms with Crippen LogP contribution in [0.15, 0.2) is 42.6 Å². The smallest absolute Gasteiger partial charge is 0.255 e. The van der Waals surface area contributed by atoms with E-state index in [1.165, 1.54) is 9.58 Å². The number of amides is 4. The van der Waals surface area contributed by atoms with Crippen LogP contribution in [0.3, 0.4) is 0 Å². The van der Waals surface area contributed by atoms with Gasteiger partial charge in [0.05, 0.1) is 6.20 Å². The lowest BCUT2D eigenvalue weighted by Crippen LogP contribution is -2.52. The quantitative estimate of drug-likeness (QED) is 0.372. The van der Waals surface area contributed by atoms with E-state index in [-0.39, 0.29) is 43.7 Å². The van der Waals surface area contributed by atoms with E-state index in [2.05, 4.69) is 20.9 Å². The van der Waals surface area contributed by atoms with Crippen LogP contribution < -0.4 is 16.4 Å². The summed E-state index contributed by atoms with van der Waals surface area (Å²) in [5, 5.41) is 13.3. The fraction of sp³-hybridized carbons (Fsp3) is 0.250. The fourth-order valence-electron chi connectivity index (χ4n) is 4.45. The van der Waals surface area contributed by atoms with Gasteiger partial charge in [-0.25, -0.2) is 4.68 Å². The van der Waals surface area contributed by atoms with E-state index in [0.29, 0.717) is 28.2 Å². The van der Waals surface area contributed by atoms with Crippen LogP contribution in [0.4, 0.5) is 11.4 Å². The predicted octanol–water partition coefficient (Wildman–Crippen LogP) is 1.24. The van der Waals surface area contributed by atoms with Crippen LogP contribution in [0.5, 0.6) is 0 Å². The number of imide groups is 1. The molecule has 0 aliphatic carbocycles. The Labute approximate surface area is 200 Å². The van der Waals surface area contributed by atoms with Gasteiger partial charge < -0.3 is 16.0 Å². The highest BCUT2D eigenvalue weighted by atomic mass is 16.2. The molecule has 11 heteroatoms. The Morgan fingerprint density at radius 1 is 1.20 bits per heavy atom. The SMILES string of the molecule is Cc1ccc(N)cc1-c1cn(CC(=O)Nc2cccc3c2CN(C2CCC(=O)NC2=O)C3=O)nn1. The minimum atomic E-state index is -0.722. The van der Waals surface area contributed by atoms with Gasteiger partial charge in [-0.2, -0.15) is 0 Å². The second kappa shape index (κ2) is 8.67. The van der Waals surface area contributed by atoms with E-state index in [0.717, 1.165) is 11.1 Å². The monoisotopic (exact) mass is 473 g/mol. The summed E-state index contributed by atoms with van der Waals surface area (Å²) in [4.78, 5) is 50.9. The number of aryl methyl sites for hydroxylation is 1. The molecule has 2 aliphatic heterocycles. The van der Waals surface area contributed by atoms with Crippen LogP contribution in [0, 0.1) is 6.92 Å². The molecular weight excluding hydrogens is 450 g/mol. The fourth-order valence-corrected chi connectivity index (χ4v) is 4.45. The van der Waals surface area contributed by atoms with Crippen molar-refractivity contribution in [3.05, 3.63) is 59.3 Å². The summed E-state index contributed by atoms with van der Waals surface area (Å²) in [7, 11) is 0. The Kier molecular flexibility index (Phi) is 5.51. The molecule has 1 saturated heterocycles. The maximum absolute atomic E-state index is 13.0. The molecule has 0 radical (unpaired) electrons. The molecule has 3 aromatic rings. The zero-order chi connectivity index (χ0) is 24.7. The molecule has 5 rings (SSSR count). The van der Waals surface area contributed by atoms with Crippen molar-refractivity contribution >= 4 is 35.0 Å². The van der Waals surface area contributed by atoms with Crippen molar-refractivity contribution in [3.8, 4) is 11.3 Å². The van der Waals surface area contributed by atoms with Crippen LogP contribution in [0.1, 0.15) is 34.3 Å². The standard InChI is InChI=1S/C24H23N7O4/c1-13-5-6-14(25)9-16(13)19-11-30(29-28-19)12-22(33)26-18-4-2-3-15-17(18)10-31(24(15)35)20-7-8-21(32)27-23(20)34/h2-6,9,11,20H,7-8,10,12,25H2,1H3,(H,26,33)(H,27,32,34). The molecule has 3 heterocycles. The van der Waals surface area contributed by atoms with E-state index < -0.39 is 11.9 Å². The van der Waals surface area contributed by atoms with Crippen molar-refractivity contribution in [2.75, 3.05) is 11.1 Å². The summed E-state index contributed by atoms with van der Waals surface area (Å²) < 4.78 is 1.43. The third-order valence-electron chi connectivity index (χ3n) is 6.24. The van der Waals surface area contributed by atoms with Gasteiger partial charge in [0.1, 0.15) is 18.3 Å². The first kappa shape index (κ1) is 22.3. The first-order valence-corrected chi connectivity index (χ1v) is 11.1. The van der Waals surface area contributed by atoms with Gasteiger partial charge in [-0.3, -0.25) is 24.5 Å². The van der Waals surface area contributed by atoms with E-state index in [1.807, 2.05) is 19.1 Å². The number of nitrogens with zero attached hydrogens (tertiary/aromatic N) is 4. The molecular formula is C24H23N7O4. The van der Waals surface area contributed by atoms with Crippen molar-refractivity contribution in [2.45, 2.75) is 38.9 Å². The maximum Gasteiger partial charge on any atom is 0.255 e. The van der Waals surface area contributed by atoms with Crippen LogP contribution in [-0.2, 0) is 27.5 Å². The number of nitrogens with two attached hydrogens (primary N) is 1. The number of carbonyl (C=O) groups is 4. The number of rotatable bonds is 5. The van der Waals surface area contributed by atoms with Crippen molar-refractivity contribution < 1.29 is 19.2 Å². The topological polar surface area (TPSA) is 152 Å². The number of hydrogen-bond acceptors (Lipinski definition) is 7. The third kappa shape index (κ3) is 4.23. The summed E-state index contributed by atoms with van der Waals surface area (Å²) in [6.45, 7) is 2.03. The highest BCUT2D eigenvalue weighted by Gasteiger charge is 2.39. The number of fused-ring (bicyclic) bond motifs is 1. The van der Waals surface area contributed by atoms with E-state index >= 15 is 0 Å². The summed E-state index contributed by atoms with van der Waals surface area (Å²) in [6.07, 6.45) is 2.12. The lowest BCUT2D eigenvalue weighted by molar-refractivity contribution is -0.137. The summed E-state index contributed by atoms with van der Waals surface area (Å²) in [6, 6.07) is 9.84. The molecule has 2 aromatic carbocycles. The number of nitrogens with one attached hydrogen (secondary N) is 2. The number of anilines is 2. The molecule has 0 spiro atoms. The molecule has 2 aliphatic rings. The van der Waals surface area contributed by atoms with Gasteiger partial charge in [-0.1, -0.05) is 17.3 Å². The third-order valence-corrected chi connectivity index (χ3v) is 6.24. The van der Waals surface area contributed by atoms with E-state index in [4.69, 9.17) is 5.73 Å². The Balaban J connectivity index is 1.30. The van der Waals surface area contributed by atoms with E-state index in [1.54, 1.807) is 30.5 Å².